The molecule has 1 fully saturated rings. The lowest BCUT2D eigenvalue weighted by atomic mass is 10.1. The van der Waals surface area contributed by atoms with Gasteiger partial charge in [0.05, 0.1) is 0 Å². The van der Waals surface area contributed by atoms with E-state index >= 15 is 0 Å². The lowest BCUT2D eigenvalue weighted by molar-refractivity contribution is -0.119. The molecule has 0 saturated carbocycles. The summed E-state index contributed by atoms with van der Waals surface area (Å²) in [6.45, 7) is 1.54. The van der Waals surface area contributed by atoms with Crippen LogP contribution >= 0.6 is 23.7 Å². The van der Waals surface area contributed by atoms with E-state index in [0.29, 0.717) is 25.2 Å². The number of hydrogen-bond donors (Lipinski definition) is 2. The number of thiazole rings is 1. The Kier molecular flexibility index (Phi) is 6.92. The second kappa shape index (κ2) is 8.94. The lowest BCUT2D eigenvalue weighted by Crippen LogP contribution is -2.35. The third-order valence-electron chi connectivity index (χ3n) is 3.98. The van der Waals surface area contributed by atoms with Gasteiger partial charge >= 0.3 is 0 Å². The molecule has 1 aromatic heterocycles. The molecular weight excluding hydrogens is 360 g/mol. The minimum atomic E-state index is -0.207. The Labute approximate surface area is 156 Å². The molecule has 0 radical (unpaired) electrons. The van der Waals surface area contributed by atoms with Gasteiger partial charge in [-0.05, 0) is 30.5 Å². The van der Waals surface area contributed by atoms with Crippen LogP contribution in [0.15, 0.2) is 29.6 Å². The van der Waals surface area contributed by atoms with Crippen molar-refractivity contribution in [1.29, 1.82) is 0 Å². The van der Waals surface area contributed by atoms with Crippen molar-refractivity contribution in [3.05, 3.63) is 45.9 Å². The number of carbonyl (C=O) groups is 2. The molecule has 134 valence electrons. The van der Waals surface area contributed by atoms with Gasteiger partial charge in [-0.1, -0.05) is 12.1 Å². The molecule has 2 aromatic rings. The van der Waals surface area contributed by atoms with Crippen LogP contribution < -0.4 is 16.0 Å². The van der Waals surface area contributed by atoms with E-state index in [2.05, 4.69) is 10.3 Å². The Hall–Kier alpha value is -1.96. The van der Waals surface area contributed by atoms with Gasteiger partial charge in [-0.3, -0.25) is 9.59 Å². The van der Waals surface area contributed by atoms with Crippen molar-refractivity contribution >= 4 is 41.2 Å². The number of nitrogens with zero attached hydrogens (tertiary/aromatic N) is 2. The number of benzene rings is 1. The van der Waals surface area contributed by atoms with E-state index in [4.69, 9.17) is 5.73 Å². The number of amides is 2. The van der Waals surface area contributed by atoms with Crippen molar-refractivity contribution < 1.29 is 9.59 Å². The van der Waals surface area contributed by atoms with Crippen LogP contribution in [0.4, 0.5) is 5.69 Å². The van der Waals surface area contributed by atoms with Crippen LogP contribution in [0, 0.1) is 0 Å². The fourth-order valence-corrected chi connectivity index (χ4v) is 3.31. The summed E-state index contributed by atoms with van der Waals surface area (Å²) in [5, 5.41) is 5.30. The molecule has 25 heavy (non-hydrogen) atoms. The van der Waals surface area contributed by atoms with Gasteiger partial charge in [0.2, 0.25) is 5.91 Å². The molecule has 0 bridgehead atoms. The molecule has 0 aliphatic carbocycles. The number of halogens is 1. The van der Waals surface area contributed by atoms with Crippen molar-refractivity contribution in [3.8, 4) is 0 Å². The highest BCUT2D eigenvalue weighted by Crippen LogP contribution is 2.21. The molecule has 2 amide bonds. The van der Waals surface area contributed by atoms with Gasteiger partial charge < -0.3 is 16.0 Å². The smallest absolute Gasteiger partial charge is 0.271 e. The third kappa shape index (κ3) is 4.78. The molecule has 0 spiro atoms. The fourth-order valence-electron chi connectivity index (χ4n) is 2.65. The Morgan fingerprint density at radius 1 is 1.28 bits per heavy atom. The van der Waals surface area contributed by atoms with Gasteiger partial charge in [0, 0.05) is 37.1 Å². The Morgan fingerprint density at radius 2 is 2.04 bits per heavy atom. The summed E-state index contributed by atoms with van der Waals surface area (Å²) in [4.78, 5) is 30.0. The number of anilines is 1. The van der Waals surface area contributed by atoms with Crippen molar-refractivity contribution in [2.75, 3.05) is 11.4 Å². The Balaban J connectivity index is 0.00000225. The van der Waals surface area contributed by atoms with E-state index < -0.39 is 0 Å². The molecule has 1 aliphatic heterocycles. The summed E-state index contributed by atoms with van der Waals surface area (Å²) in [7, 11) is 0. The molecule has 0 unspecified atom stereocenters. The maximum atomic E-state index is 12.0. The van der Waals surface area contributed by atoms with Crippen LogP contribution in [-0.2, 0) is 17.9 Å². The number of carbonyl (C=O) groups excluding carboxylic acids is 2. The predicted octanol–water partition coefficient (Wildman–Crippen LogP) is 2.47. The summed E-state index contributed by atoms with van der Waals surface area (Å²) < 4.78 is 0. The van der Waals surface area contributed by atoms with Crippen LogP contribution in [0.2, 0.25) is 0 Å². The van der Waals surface area contributed by atoms with Crippen LogP contribution in [-0.4, -0.2) is 23.3 Å². The summed E-state index contributed by atoms with van der Waals surface area (Å²) in [5.41, 5.74) is 7.80. The van der Waals surface area contributed by atoms with Gasteiger partial charge in [0.15, 0.2) is 0 Å². The van der Waals surface area contributed by atoms with Crippen LogP contribution in [0.1, 0.15) is 40.3 Å². The highest BCUT2D eigenvalue weighted by molar-refractivity contribution is 7.09. The minimum absolute atomic E-state index is 0. The normalized spacial score (nSPS) is 14.1. The largest absolute Gasteiger partial charge is 0.347 e. The molecule has 1 saturated heterocycles. The number of rotatable bonds is 5. The maximum Gasteiger partial charge on any atom is 0.271 e. The first-order valence-electron chi connectivity index (χ1n) is 7.99. The van der Waals surface area contributed by atoms with E-state index in [0.717, 1.165) is 35.6 Å². The Morgan fingerprint density at radius 3 is 2.68 bits per heavy atom. The second-order valence-corrected chi connectivity index (χ2v) is 6.62. The molecule has 1 aromatic carbocycles. The molecule has 2 heterocycles. The standard InChI is InChI=1S/C17H20N4O2S.ClH/c18-9-15-20-14(11-24-15)17(23)19-10-12-4-6-13(7-5-12)21-8-2-1-3-16(21)22;/h4-7,11H,1-3,8-10,18H2,(H,19,23);1H. The van der Waals surface area contributed by atoms with Gasteiger partial charge in [-0.2, -0.15) is 0 Å². The van der Waals surface area contributed by atoms with E-state index in [-0.39, 0.29) is 24.2 Å². The van der Waals surface area contributed by atoms with Crippen molar-refractivity contribution in [1.82, 2.24) is 10.3 Å². The summed E-state index contributed by atoms with van der Waals surface area (Å²) in [6.07, 6.45) is 2.64. The highest BCUT2D eigenvalue weighted by atomic mass is 35.5. The minimum Gasteiger partial charge on any atom is -0.347 e. The first-order chi connectivity index (χ1) is 11.7. The van der Waals surface area contributed by atoms with Crippen molar-refractivity contribution in [2.24, 2.45) is 5.73 Å². The zero-order chi connectivity index (χ0) is 16.9. The molecule has 3 N–H and O–H groups in total. The van der Waals surface area contributed by atoms with Gasteiger partial charge in [-0.15, -0.1) is 23.7 Å². The van der Waals surface area contributed by atoms with E-state index in [9.17, 15) is 9.59 Å². The Bertz CT molecular complexity index is 733. The molecule has 8 heteroatoms. The highest BCUT2D eigenvalue weighted by Gasteiger charge is 2.19. The topological polar surface area (TPSA) is 88.3 Å². The third-order valence-corrected chi connectivity index (χ3v) is 4.85. The van der Waals surface area contributed by atoms with Crippen molar-refractivity contribution in [3.63, 3.8) is 0 Å². The van der Waals surface area contributed by atoms with E-state index in [1.165, 1.54) is 11.3 Å². The number of hydrogen-bond acceptors (Lipinski definition) is 5. The van der Waals surface area contributed by atoms with Gasteiger partial charge in [-0.25, -0.2) is 4.98 Å². The average Bonchev–Trinajstić information content (AvgIpc) is 3.10. The molecular formula is C17H21ClN4O2S. The second-order valence-electron chi connectivity index (χ2n) is 5.68. The lowest BCUT2D eigenvalue weighted by Gasteiger charge is -2.26. The SMILES string of the molecule is Cl.NCc1nc(C(=O)NCc2ccc(N3CCCCC3=O)cc2)cs1. The zero-order valence-electron chi connectivity index (χ0n) is 13.7. The molecule has 6 nitrogen and oxygen atoms in total. The number of nitrogens with one attached hydrogen (secondary N) is 1. The molecule has 0 atom stereocenters. The first kappa shape index (κ1) is 19.4. The number of piperidine rings is 1. The maximum absolute atomic E-state index is 12.0. The zero-order valence-corrected chi connectivity index (χ0v) is 15.4. The predicted molar refractivity (Wildman–Crippen MR) is 101 cm³/mol. The van der Waals surface area contributed by atoms with Crippen LogP contribution in [0.25, 0.3) is 0 Å². The quantitative estimate of drug-likeness (QED) is 0.833. The summed E-state index contributed by atoms with van der Waals surface area (Å²) in [5.74, 6) is -0.0252. The fraction of sp³-hybridized carbons (Fsp3) is 0.353. The summed E-state index contributed by atoms with van der Waals surface area (Å²) in [6, 6.07) is 7.73. The van der Waals surface area contributed by atoms with Gasteiger partial charge in [0.1, 0.15) is 10.7 Å². The van der Waals surface area contributed by atoms with Crippen LogP contribution in [0.3, 0.4) is 0 Å². The number of nitrogens with two attached hydrogens (primary N) is 1. The monoisotopic (exact) mass is 380 g/mol. The summed E-state index contributed by atoms with van der Waals surface area (Å²) >= 11 is 1.38. The first-order valence-corrected chi connectivity index (χ1v) is 8.87. The molecule has 1 aliphatic rings. The van der Waals surface area contributed by atoms with Crippen molar-refractivity contribution in [2.45, 2.75) is 32.4 Å². The van der Waals surface area contributed by atoms with Gasteiger partial charge in [0.25, 0.3) is 5.91 Å². The van der Waals surface area contributed by atoms with Crippen LogP contribution in [0.5, 0.6) is 0 Å². The molecule has 3 rings (SSSR count). The van der Waals surface area contributed by atoms with E-state index in [1.807, 2.05) is 29.2 Å². The average molecular weight is 381 g/mol. The number of aromatic nitrogens is 1. The van der Waals surface area contributed by atoms with E-state index in [1.54, 1.807) is 5.38 Å².